The number of likely N-dealkylation sites (N-methyl/N-ethyl adjacent to an activating group) is 1. The van der Waals surface area contributed by atoms with E-state index in [1.807, 2.05) is 14.1 Å². The molecule has 0 bridgehead atoms. The Hall–Kier alpha value is -2.71. The van der Waals surface area contributed by atoms with Gasteiger partial charge in [-0.1, -0.05) is 127 Å². The van der Waals surface area contributed by atoms with Gasteiger partial charge in [0.05, 0.1) is 40.3 Å². The van der Waals surface area contributed by atoms with Crippen LogP contribution in [0.4, 0.5) is 0 Å². The van der Waals surface area contributed by atoms with Crippen molar-refractivity contribution in [3.05, 3.63) is 48.6 Å². The van der Waals surface area contributed by atoms with E-state index in [0.717, 1.165) is 70.8 Å². The number of hydrogen-bond donors (Lipinski definition) is 1. The normalized spacial score (nSPS) is 12.2. The largest absolute Gasteiger partial charge is 0.464 e. The molecular formula is C48H87N2O6+. The van der Waals surface area contributed by atoms with Crippen molar-refractivity contribution in [2.45, 2.75) is 181 Å². The minimum atomic E-state index is -0.227. The molecule has 0 aromatic carbocycles. The number of ether oxygens (including phenoxy) is 2. The van der Waals surface area contributed by atoms with Crippen LogP contribution in [0.2, 0.25) is 0 Å². The third kappa shape index (κ3) is 38.2. The van der Waals surface area contributed by atoms with Gasteiger partial charge in [-0.15, -0.1) is 0 Å². The number of aliphatic hydroxyl groups excluding tert-OH is 1. The van der Waals surface area contributed by atoms with Crippen LogP contribution in [0, 0.1) is 0 Å². The maximum Gasteiger partial charge on any atom is 0.305 e. The van der Waals surface area contributed by atoms with Crippen molar-refractivity contribution in [1.29, 1.82) is 0 Å². The van der Waals surface area contributed by atoms with Gasteiger partial charge in [-0.05, 0) is 77.0 Å². The molecule has 8 heteroatoms. The highest BCUT2D eigenvalue weighted by Gasteiger charge is 2.19. The molecule has 56 heavy (non-hydrogen) atoms. The summed E-state index contributed by atoms with van der Waals surface area (Å²) in [6.45, 7) is 6.81. The molecule has 0 rings (SSSR count). The summed E-state index contributed by atoms with van der Waals surface area (Å²) >= 11 is 0. The molecule has 0 atom stereocenters. The number of esters is 2. The molecule has 0 unspecified atom stereocenters. The van der Waals surface area contributed by atoms with Crippen LogP contribution < -0.4 is 0 Å². The number of allylic oxidation sites excluding steroid dienone is 8. The summed E-state index contributed by atoms with van der Waals surface area (Å²) in [5.41, 5.74) is 0. The fourth-order valence-electron chi connectivity index (χ4n) is 6.41. The second-order valence-electron chi connectivity index (χ2n) is 16.0. The summed E-state index contributed by atoms with van der Waals surface area (Å²) in [4.78, 5) is 39.7. The molecule has 324 valence electrons. The van der Waals surface area contributed by atoms with Gasteiger partial charge in [0.1, 0.15) is 19.8 Å². The van der Waals surface area contributed by atoms with Gasteiger partial charge in [0, 0.05) is 25.7 Å². The third-order valence-electron chi connectivity index (χ3n) is 10.1. The predicted molar refractivity (Wildman–Crippen MR) is 235 cm³/mol. The third-order valence-corrected chi connectivity index (χ3v) is 10.1. The quantitative estimate of drug-likeness (QED) is 0.0288. The number of carbonyl (C=O) groups excluding carboxylic acids is 3. The van der Waals surface area contributed by atoms with Crippen LogP contribution >= 0.6 is 0 Å². The van der Waals surface area contributed by atoms with Crippen LogP contribution in [0.3, 0.4) is 0 Å². The molecule has 0 aromatic heterocycles. The summed E-state index contributed by atoms with van der Waals surface area (Å²) < 4.78 is 11.6. The van der Waals surface area contributed by atoms with E-state index in [-0.39, 0.29) is 50.8 Å². The molecule has 0 saturated heterocycles. The van der Waals surface area contributed by atoms with Crippen LogP contribution in [0.25, 0.3) is 0 Å². The van der Waals surface area contributed by atoms with Crippen molar-refractivity contribution >= 4 is 17.8 Å². The first-order valence-electron chi connectivity index (χ1n) is 22.9. The number of rotatable bonds is 40. The molecular weight excluding hydrogens is 701 g/mol. The van der Waals surface area contributed by atoms with Crippen LogP contribution in [-0.4, -0.2) is 92.4 Å². The lowest BCUT2D eigenvalue weighted by molar-refractivity contribution is -0.890. The standard InChI is InChI=1S/C48H87N2O6/c1-5-7-9-11-13-15-17-19-21-23-25-27-29-31-33-37-47(53)55-44-39-49(46(52)36-35-41-50(3,4)42-43-51)40-45-56-48(54)38-34-32-30-28-26-24-22-20-18-16-14-12-10-8-6-2/h13-16,19-22,51H,5-12,17-18,23-45H2,1-4H3/q+1. The van der Waals surface area contributed by atoms with Gasteiger partial charge in [0.2, 0.25) is 5.91 Å². The lowest BCUT2D eigenvalue weighted by atomic mass is 10.1. The molecule has 1 amide bonds. The Labute approximate surface area is 344 Å². The Morgan fingerprint density at radius 2 is 0.893 bits per heavy atom. The number of quaternary nitrogens is 1. The van der Waals surface area contributed by atoms with E-state index >= 15 is 0 Å². The first kappa shape index (κ1) is 53.3. The van der Waals surface area contributed by atoms with E-state index in [9.17, 15) is 19.5 Å². The average molecular weight is 788 g/mol. The van der Waals surface area contributed by atoms with Crippen molar-refractivity contribution in [2.24, 2.45) is 0 Å². The average Bonchev–Trinajstić information content (AvgIpc) is 3.17. The predicted octanol–water partition coefficient (Wildman–Crippen LogP) is 11.4. The minimum Gasteiger partial charge on any atom is -0.464 e. The van der Waals surface area contributed by atoms with Gasteiger partial charge in [0.15, 0.2) is 0 Å². The summed E-state index contributed by atoms with van der Waals surface area (Å²) in [5, 5.41) is 9.33. The second-order valence-corrected chi connectivity index (χ2v) is 16.0. The highest BCUT2D eigenvalue weighted by Crippen LogP contribution is 2.11. The minimum absolute atomic E-state index is 0.0384. The zero-order valence-electron chi connectivity index (χ0n) is 36.8. The van der Waals surface area contributed by atoms with Crippen molar-refractivity contribution in [3.8, 4) is 0 Å². The zero-order chi connectivity index (χ0) is 41.2. The zero-order valence-corrected chi connectivity index (χ0v) is 36.8. The van der Waals surface area contributed by atoms with Gasteiger partial charge in [-0.2, -0.15) is 0 Å². The first-order valence-corrected chi connectivity index (χ1v) is 22.9. The first-order chi connectivity index (χ1) is 27.3. The molecule has 0 aromatic rings. The lowest BCUT2D eigenvalue weighted by Gasteiger charge is -2.29. The van der Waals surface area contributed by atoms with Gasteiger partial charge in [-0.3, -0.25) is 14.4 Å². The summed E-state index contributed by atoms with van der Waals surface area (Å²) in [5.74, 6) is -0.492. The molecule has 0 aliphatic heterocycles. The van der Waals surface area contributed by atoms with Crippen LogP contribution in [-0.2, 0) is 23.9 Å². The Balaban J connectivity index is 4.31. The molecule has 0 spiro atoms. The number of amides is 1. The van der Waals surface area contributed by atoms with Crippen molar-refractivity contribution in [2.75, 3.05) is 60.1 Å². The maximum absolute atomic E-state index is 13.2. The Morgan fingerprint density at radius 3 is 1.30 bits per heavy atom. The van der Waals surface area contributed by atoms with Gasteiger partial charge >= 0.3 is 11.9 Å². The Morgan fingerprint density at radius 1 is 0.500 bits per heavy atom. The summed E-state index contributed by atoms with van der Waals surface area (Å²) in [6, 6.07) is 0. The molecule has 0 aliphatic carbocycles. The molecule has 8 nitrogen and oxygen atoms in total. The molecule has 0 radical (unpaired) electrons. The van der Waals surface area contributed by atoms with Gasteiger partial charge < -0.3 is 24.0 Å². The van der Waals surface area contributed by atoms with E-state index in [1.165, 1.54) is 77.0 Å². The molecule has 0 fully saturated rings. The Bertz CT molecular complexity index is 986. The van der Waals surface area contributed by atoms with E-state index in [2.05, 4.69) is 62.5 Å². The number of aliphatic hydroxyl groups is 1. The molecule has 0 saturated carbocycles. The SMILES string of the molecule is CCCCCC=CCC=CCCCCCCCC(=O)OCCN(CCOC(=O)CCCCCCCC=CCC=CCCCCC)C(=O)CCC[N+](C)(C)CCO. The highest BCUT2D eigenvalue weighted by molar-refractivity contribution is 5.76. The van der Waals surface area contributed by atoms with Crippen molar-refractivity contribution in [1.82, 2.24) is 4.90 Å². The van der Waals surface area contributed by atoms with Crippen molar-refractivity contribution in [3.63, 3.8) is 0 Å². The van der Waals surface area contributed by atoms with Crippen molar-refractivity contribution < 1.29 is 33.4 Å². The summed E-state index contributed by atoms with van der Waals surface area (Å²) in [6.07, 6.45) is 45.0. The van der Waals surface area contributed by atoms with Crippen LogP contribution in [0.1, 0.15) is 181 Å². The highest BCUT2D eigenvalue weighted by atomic mass is 16.5. The van der Waals surface area contributed by atoms with Crippen LogP contribution in [0.15, 0.2) is 48.6 Å². The molecule has 1 N–H and O–H groups in total. The maximum atomic E-state index is 13.2. The number of hydrogen-bond acceptors (Lipinski definition) is 6. The molecule has 0 heterocycles. The van der Waals surface area contributed by atoms with E-state index in [4.69, 9.17) is 9.47 Å². The number of carbonyl (C=O) groups is 3. The fraction of sp³-hybridized carbons (Fsp3) is 0.771. The lowest BCUT2D eigenvalue weighted by Crippen LogP contribution is -2.43. The topological polar surface area (TPSA) is 93.1 Å². The number of unbranched alkanes of at least 4 members (excludes halogenated alkanes) is 16. The van der Waals surface area contributed by atoms with E-state index < -0.39 is 0 Å². The second kappa shape index (κ2) is 40.5. The smallest absolute Gasteiger partial charge is 0.305 e. The fourth-order valence-corrected chi connectivity index (χ4v) is 6.41. The van der Waals surface area contributed by atoms with Gasteiger partial charge in [0.25, 0.3) is 0 Å². The van der Waals surface area contributed by atoms with E-state index in [1.54, 1.807) is 4.90 Å². The monoisotopic (exact) mass is 788 g/mol. The Kier molecular flexibility index (Phi) is 38.5. The van der Waals surface area contributed by atoms with E-state index in [0.29, 0.717) is 36.7 Å². The van der Waals surface area contributed by atoms with Crippen LogP contribution in [0.5, 0.6) is 0 Å². The van der Waals surface area contributed by atoms with Gasteiger partial charge in [-0.25, -0.2) is 0 Å². The number of nitrogens with zero attached hydrogens (tertiary/aromatic N) is 2. The summed E-state index contributed by atoms with van der Waals surface area (Å²) in [7, 11) is 4.08. The molecule has 0 aliphatic rings.